The Labute approximate surface area is 219 Å². The maximum atomic E-state index is 12.8. The minimum absolute atomic E-state index is 0.249. The van der Waals surface area contributed by atoms with E-state index in [1.54, 1.807) is 36.4 Å². The highest BCUT2D eigenvalue weighted by molar-refractivity contribution is 6.07. The highest BCUT2D eigenvalue weighted by Gasteiger charge is 2.15. The zero-order valence-corrected chi connectivity index (χ0v) is 21.2. The van der Waals surface area contributed by atoms with Crippen molar-refractivity contribution in [1.29, 1.82) is 0 Å². The fraction of sp³-hybridized carbons (Fsp3) is 0.100. The minimum Gasteiger partial charge on any atom is -0.496 e. The number of nitrogens with zero attached hydrogens (tertiary/aromatic N) is 2. The number of para-hydroxylation sites is 2. The monoisotopic (exact) mass is 506 g/mol. The van der Waals surface area contributed by atoms with Gasteiger partial charge in [-0.1, -0.05) is 24.3 Å². The standard InChI is InChI=1S/C30H26N4O4/c1-34-25-18-21(32-30(36)23-9-5-7-11-27(23)38-3)16-17-24(25)33-28(34)19-12-14-20(15-13-19)31-29(35)22-8-4-6-10-26(22)37-2/h4-18H,1-3H3,(H,31,35)(H,32,36). The van der Waals surface area contributed by atoms with Crippen molar-refractivity contribution in [3.05, 3.63) is 102 Å². The summed E-state index contributed by atoms with van der Waals surface area (Å²) in [4.78, 5) is 30.3. The molecule has 0 radical (unpaired) electrons. The van der Waals surface area contributed by atoms with E-state index in [0.717, 1.165) is 22.4 Å². The molecule has 2 N–H and O–H groups in total. The van der Waals surface area contributed by atoms with Crippen LogP contribution in [-0.4, -0.2) is 35.6 Å². The van der Waals surface area contributed by atoms with Crippen molar-refractivity contribution in [1.82, 2.24) is 9.55 Å². The summed E-state index contributed by atoms with van der Waals surface area (Å²) in [5.41, 5.74) is 4.78. The number of anilines is 2. The third-order valence-corrected chi connectivity index (χ3v) is 6.24. The first-order valence-corrected chi connectivity index (χ1v) is 11.9. The molecule has 0 atom stereocenters. The van der Waals surface area contributed by atoms with E-state index in [1.807, 2.05) is 66.2 Å². The summed E-state index contributed by atoms with van der Waals surface area (Å²) in [5.74, 6) is 1.28. The van der Waals surface area contributed by atoms with Gasteiger partial charge in [-0.15, -0.1) is 0 Å². The Morgan fingerprint density at radius 2 is 1.24 bits per heavy atom. The Morgan fingerprint density at radius 3 is 1.82 bits per heavy atom. The molecular weight excluding hydrogens is 480 g/mol. The van der Waals surface area contributed by atoms with Gasteiger partial charge in [0.15, 0.2) is 0 Å². The Morgan fingerprint density at radius 1 is 0.711 bits per heavy atom. The summed E-state index contributed by atoms with van der Waals surface area (Å²) < 4.78 is 12.6. The third kappa shape index (κ3) is 4.79. The first-order chi connectivity index (χ1) is 18.5. The van der Waals surface area contributed by atoms with Gasteiger partial charge in [0.25, 0.3) is 11.8 Å². The molecule has 0 unspecified atom stereocenters. The second-order valence-corrected chi connectivity index (χ2v) is 8.58. The molecule has 4 aromatic carbocycles. The average Bonchev–Trinajstić information content (AvgIpc) is 3.28. The maximum Gasteiger partial charge on any atom is 0.259 e. The molecule has 0 saturated heterocycles. The molecule has 1 heterocycles. The van der Waals surface area contributed by atoms with Gasteiger partial charge in [0.1, 0.15) is 17.3 Å². The van der Waals surface area contributed by atoms with E-state index in [2.05, 4.69) is 10.6 Å². The summed E-state index contributed by atoms with van der Waals surface area (Å²) >= 11 is 0. The number of fused-ring (bicyclic) bond motifs is 1. The molecular formula is C30H26N4O4. The number of hydrogen-bond donors (Lipinski definition) is 2. The van der Waals surface area contributed by atoms with E-state index in [4.69, 9.17) is 14.5 Å². The SMILES string of the molecule is COc1ccccc1C(=O)Nc1ccc(-c2nc3ccc(NC(=O)c4ccccc4OC)cc3n2C)cc1. The number of hydrogen-bond acceptors (Lipinski definition) is 5. The number of carbonyl (C=O) groups excluding carboxylic acids is 2. The van der Waals surface area contributed by atoms with E-state index in [9.17, 15) is 9.59 Å². The summed E-state index contributed by atoms with van der Waals surface area (Å²) in [6, 6.07) is 27.2. The van der Waals surface area contributed by atoms with Crippen LogP contribution in [0.15, 0.2) is 91.0 Å². The second-order valence-electron chi connectivity index (χ2n) is 8.58. The van der Waals surface area contributed by atoms with Crippen molar-refractivity contribution in [2.75, 3.05) is 24.9 Å². The molecule has 190 valence electrons. The van der Waals surface area contributed by atoms with E-state index in [-0.39, 0.29) is 11.8 Å². The molecule has 38 heavy (non-hydrogen) atoms. The number of methoxy groups -OCH3 is 2. The van der Waals surface area contributed by atoms with Gasteiger partial charge in [0.2, 0.25) is 0 Å². The van der Waals surface area contributed by atoms with Gasteiger partial charge >= 0.3 is 0 Å². The lowest BCUT2D eigenvalue weighted by atomic mass is 10.1. The van der Waals surface area contributed by atoms with E-state index in [1.165, 1.54) is 14.2 Å². The van der Waals surface area contributed by atoms with Gasteiger partial charge in [0.05, 0.1) is 36.4 Å². The van der Waals surface area contributed by atoms with Crippen molar-refractivity contribution in [3.63, 3.8) is 0 Å². The Kier molecular flexibility index (Phi) is 6.78. The topological polar surface area (TPSA) is 94.5 Å². The van der Waals surface area contributed by atoms with Crippen LogP contribution in [0.4, 0.5) is 11.4 Å². The predicted octanol–water partition coefficient (Wildman–Crippen LogP) is 5.76. The first-order valence-electron chi connectivity index (χ1n) is 11.9. The number of ether oxygens (including phenoxy) is 2. The number of imidazole rings is 1. The van der Waals surface area contributed by atoms with Gasteiger partial charge < -0.3 is 24.7 Å². The Hall–Kier alpha value is -5.11. The molecule has 1 aromatic heterocycles. The Balaban J connectivity index is 1.35. The van der Waals surface area contributed by atoms with Crippen molar-refractivity contribution >= 4 is 34.2 Å². The molecule has 0 aliphatic carbocycles. The molecule has 0 spiro atoms. The molecule has 5 rings (SSSR count). The smallest absolute Gasteiger partial charge is 0.259 e. The molecule has 0 saturated carbocycles. The molecule has 8 heteroatoms. The molecule has 8 nitrogen and oxygen atoms in total. The van der Waals surface area contributed by atoms with E-state index >= 15 is 0 Å². The number of aryl methyl sites for hydroxylation is 1. The predicted molar refractivity (Wildman–Crippen MR) is 148 cm³/mol. The van der Waals surface area contributed by atoms with Crippen LogP contribution in [0.2, 0.25) is 0 Å². The zero-order valence-electron chi connectivity index (χ0n) is 21.2. The van der Waals surface area contributed by atoms with Crippen LogP contribution in [0.5, 0.6) is 11.5 Å². The highest BCUT2D eigenvalue weighted by Crippen LogP contribution is 2.28. The highest BCUT2D eigenvalue weighted by atomic mass is 16.5. The number of rotatable bonds is 7. The summed E-state index contributed by atoms with van der Waals surface area (Å²) in [6.07, 6.45) is 0. The lowest BCUT2D eigenvalue weighted by Gasteiger charge is -2.10. The third-order valence-electron chi connectivity index (χ3n) is 6.24. The zero-order chi connectivity index (χ0) is 26.6. The number of benzene rings is 4. The fourth-order valence-electron chi connectivity index (χ4n) is 4.29. The summed E-state index contributed by atoms with van der Waals surface area (Å²) in [7, 11) is 5.00. The van der Waals surface area contributed by atoms with Gasteiger partial charge in [-0.05, 0) is 66.7 Å². The molecule has 0 aliphatic heterocycles. The van der Waals surface area contributed by atoms with Gasteiger partial charge in [0, 0.05) is 24.0 Å². The number of aromatic nitrogens is 2. The summed E-state index contributed by atoms with van der Waals surface area (Å²) in [6.45, 7) is 0. The van der Waals surface area contributed by atoms with Crippen LogP contribution in [-0.2, 0) is 7.05 Å². The summed E-state index contributed by atoms with van der Waals surface area (Å²) in [5, 5.41) is 5.84. The van der Waals surface area contributed by atoms with Crippen molar-refractivity contribution < 1.29 is 19.1 Å². The van der Waals surface area contributed by atoms with Gasteiger partial charge in [-0.2, -0.15) is 0 Å². The molecule has 0 fully saturated rings. The fourth-order valence-corrected chi connectivity index (χ4v) is 4.29. The van der Waals surface area contributed by atoms with Gasteiger partial charge in [-0.25, -0.2) is 4.98 Å². The molecule has 0 aliphatic rings. The minimum atomic E-state index is -0.255. The second kappa shape index (κ2) is 10.5. The lowest BCUT2D eigenvalue weighted by Crippen LogP contribution is -2.13. The van der Waals surface area contributed by atoms with Crippen LogP contribution in [0, 0.1) is 0 Å². The Bertz CT molecular complexity index is 1640. The normalized spacial score (nSPS) is 10.7. The van der Waals surface area contributed by atoms with Crippen LogP contribution in [0.1, 0.15) is 20.7 Å². The maximum absolute atomic E-state index is 12.8. The van der Waals surface area contributed by atoms with Crippen LogP contribution in [0.3, 0.4) is 0 Å². The average molecular weight is 507 g/mol. The van der Waals surface area contributed by atoms with Crippen LogP contribution < -0.4 is 20.1 Å². The van der Waals surface area contributed by atoms with Crippen LogP contribution in [0.25, 0.3) is 22.4 Å². The van der Waals surface area contributed by atoms with Gasteiger partial charge in [-0.3, -0.25) is 9.59 Å². The largest absolute Gasteiger partial charge is 0.496 e. The molecule has 0 bridgehead atoms. The van der Waals surface area contributed by atoms with E-state index < -0.39 is 0 Å². The molecule has 5 aromatic rings. The van der Waals surface area contributed by atoms with E-state index in [0.29, 0.717) is 34.0 Å². The number of amides is 2. The van der Waals surface area contributed by atoms with Crippen molar-refractivity contribution in [2.45, 2.75) is 0 Å². The quantitative estimate of drug-likeness (QED) is 0.293. The van der Waals surface area contributed by atoms with Crippen LogP contribution >= 0.6 is 0 Å². The van der Waals surface area contributed by atoms with Crippen molar-refractivity contribution in [3.8, 4) is 22.9 Å². The van der Waals surface area contributed by atoms with Crippen molar-refractivity contribution in [2.24, 2.45) is 7.05 Å². The first kappa shape index (κ1) is 24.6. The number of nitrogens with one attached hydrogen (secondary N) is 2. The number of carbonyl (C=O) groups is 2. The lowest BCUT2D eigenvalue weighted by molar-refractivity contribution is 0.101. The molecule has 2 amide bonds.